The molecule has 1 aliphatic heterocycles. The van der Waals surface area contributed by atoms with Gasteiger partial charge in [0.05, 0.1) is 6.07 Å². The maximum Gasteiger partial charge on any atom is 0.0627 e. The van der Waals surface area contributed by atoms with Gasteiger partial charge in [-0.2, -0.15) is 5.26 Å². The number of likely N-dealkylation sites (N-methyl/N-ethyl adjacent to an activating group) is 1. The largest absolute Gasteiger partial charge is 0.361 e. The Balaban J connectivity index is 1.84. The smallest absolute Gasteiger partial charge is 0.0627 e. The van der Waals surface area contributed by atoms with Crippen molar-refractivity contribution in [3.63, 3.8) is 0 Å². The average molecular weight is 279 g/mol. The van der Waals surface area contributed by atoms with Crippen molar-refractivity contribution in [1.29, 1.82) is 5.26 Å². The topological polar surface area (TPSA) is 42.8 Å². The molecule has 3 nitrogen and oxygen atoms in total. The number of nitrogens with zero attached hydrogens (tertiary/aromatic N) is 2. The van der Waals surface area contributed by atoms with Crippen LogP contribution in [0.2, 0.25) is 0 Å². The molecular weight excluding hydrogens is 258 g/mol. The molecule has 2 heterocycles. The number of aromatic nitrogens is 1. The minimum Gasteiger partial charge on any atom is -0.361 e. The highest BCUT2D eigenvalue weighted by Gasteiger charge is 2.44. The van der Waals surface area contributed by atoms with Crippen LogP contribution in [0, 0.1) is 16.7 Å². The number of rotatable bonds is 1. The van der Waals surface area contributed by atoms with E-state index in [1.54, 1.807) is 0 Å². The summed E-state index contributed by atoms with van der Waals surface area (Å²) in [5.41, 5.74) is 4.31. The lowest BCUT2D eigenvalue weighted by Crippen LogP contribution is -2.51. The monoisotopic (exact) mass is 279 g/mol. The van der Waals surface area contributed by atoms with Gasteiger partial charge in [0.25, 0.3) is 0 Å². The second-order valence-corrected chi connectivity index (χ2v) is 7.23. The molecule has 1 fully saturated rings. The summed E-state index contributed by atoms with van der Waals surface area (Å²) in [5, 5.41) is 10.6. The molecule has 3 heteroatoms. The van der Waals surface area contributed by atoms with Gasteiger partial charge in [-0.25, -0.2) is 0 Å². The van der Waals surface area contributed by atoms with Crippen molar-refractivity contribution in [3.05, 3.63) is 35.5 Å². The van der Waals surface area contributed by atoms with Crippen molar-refractivity contribution >= 4 is 10.9 Å². The molecular formula is C18H21N3. The highest BCUT2D eigenvalue weighted by Crippen LogP contribution is 2.48. The number of hydrogen-bond acceptors (Lipinski definition) is 2. The molecule has 0 amide bonds. The summed E-state index contributed by atoms with van der Waals surface area (Å²) in [6.45, 7) is 3.30. The van der Waals surface area contributed by atoms with Crippen LogP contribution < -0.4 is 0 Å². The van der Waals surface area contributed by atoms with Crippen LogP contribution in [0.5, 0.6) is 0 Å². The van der Waals surface area contributed by atoms with Crippen LogP contribution in [0.4, 0.5) is 0 Å². The first-order chi connectivity index (χ1) is 10.1. The number of likely N-dealkylation sites (tertiary alicyclic amines) is 1. The van der Waals surface area contributed by atoms with E-state index in [0.29, 0.717) is 18.4 Å². The van der Waals surface area contributed by atoms with Crippen molar-refractivity contribution in [2.45, 2.75) is 38.1 Å². The van der Waals surface area contributed by atoms with Gasteiger partial charge < -0.3 is 9.88 Å². The second-order valence-electron chi connectivity index (χ2n) is 7.23. The van der Waals surface area contributed by atoms with Gasteiger partial charge in [-0.3, -0.25) is 0 Å². The third-order valence-electron chi connectivity index (χ3n) is 5.53. The Labute approximate surface area is 125 Å². The van der Waals surface area contributed by atoms with E-state index in [4.69, 9.17) is 5.26 Å². The van der Waals surface area contributed by atoms with Crippen LogP contribution in [-0.4, -0.2) is 29.5 Å². The van der Waals surface area contributed by atoms with Crippen LogP contribution in [-0.2, 0) is 6.42 Å². The number of nitriles is 1. The van der Waals surface area contributed by atoms with Crippen LogP contribution >= 0.6 is 0 Å². The van der Waals surface area contributed by atoms with E-state index >= 15 is 0 Å². The summed E-state index contributed by atoms with van der Waals surface area (Å²) in [5.74, 6) is 0.550. The lowest BCUT2D eigenvalue weighted by Gasteiger charge is -2.49. The molecule has 0 saturated carbocycles. The van der Waals surface area contributed by atoms with Crippen LogP contribution in [0.25, 0.3) is 10.9 Å². The third-order valence-corrected chi connectivity index (χ3v) is 5.53. The van der Waals surface area contributed by atoms with Gasteiger partial charge in [0, 0.05) is 42.0 Å². The Kier molecular flexibility index (Phi) is 2.68. The number of piperidine rings is 1. The van der Waals surface area contributed by atoms with Gasteiger partial charge in [-0.1, -0.05) is 19.1 Å². The fraction of sp³-hybridized carbons (Fsp3) is 0.500. The Morgan fingerprint density at radius 1 is 1.48 bits per heavy atom. The fourth-order valence-corrected chi connectivity index (χ4v) is 4.67. The molecule has 21 heavy (non-hydrogen) atoms. The van der Waals surface area contributed by atoms with E-state index in [2.05, 4.69) is 54.3 Å². The van der Waals surface area contributed by atoms with Gasteiger partial charge in [0.2, 0.25) is 0 Å². The molecule has 1 aliphatic carbocycles. The van der Waals surface area contributed by atoms with Crippen LogP contribution in [0.3, 0.4) is 0 Å². The molecule has 108 valence electrons. The minimum atomic E-state index is 0.112. The van der Waals surface area contributed by atoms with E-state index in [-0.39, 0.29) is 5.41 Å². The lowest BCUT2D eigenvalue weighted by atomic mass is 9.66. The summed E-state index contributed by atoms with van der Waals surface area (Å²) < 4.78 is 0. The van der Waals surface area contributed by atoms with Crippen molar-refractivity contribution < 1.29 is 0 Å². The fourth-order valence-electron chi connectivity index (χ4n) is 4.67. The predicted molar refractivity (Wildman–Crippen MR) is 84.1 cm³/mol. The Hall–Kier alpha value is -1.79. The van der Waals surface area contributed by atoms with Gasteiger partial charge >= 0.3 is 0 Å². The van der Waals surface area contributed by atoms with Crippen LogP contribution in [0.1, 0.15) is 36.8 Å². The lowest BCUT2D eigenvalue weighted by molar-refractivity contribution is 0.0561. The maximum atomic E-state index is 9.17. The molecule has 2 aromatic rings. The highest BCUT2D eigenvalue weighted by atomic mass is 15.2. The molecule has 4 rings (SSSR count). The van der Waals surface area contributed by atoms with E-state index in [9.17, 15) is 0 Å². The number of aromatic amines is 1. The zero-order valence-corrected chi connectivity index (χ0v) is 12.7. The quantitative estimate of drug-likeness (QED) is 0.869. The first-order valence-corrected chi connectivity index (χ1v) is 7.77. The first kappa shape index (κ1) is 12.9. The minimum absolute atomic E-state index is 0.112. The van der Waals surface area contributed by atoms with Gasteiger partial charge in [-0.05, 0) is 42.5 Å². The van der Waals surface area contributed by atoms with Crippen molar-refractivity contribution in [2.75, 3.05) is 13.6 Å². The molecule has 1 unspecified atom stereocenters. The molecule has 2 aliphatic rings. The van der Waals surface area contributed by atoms with Crippen molar-refractivity contribution in [3.8, 4) is 6.07 Å². The molecule has 1 N–H and O–H groups in total. The highest BCUT2D eigenvalue weighted by molar-refractivity contribution is 5.88. The van der Waals surface area contributed by atoms with Crippen molar-refractivity contribution in [2.24, 2.45) is 5.41 Å². The van der Waals surface area contributed by atoms with Gasteiger partial charge in [0.15, 0.2) is 0 Å². The Morgan fingerprint density at radius 2 is 2.33 bits per heavy atom. The second kappa shape index (κ2) is 4.35. The average Bonchev–Trinajstić information content (AvgIpc) is 2.85. The summed E-state index contributed by atoms with van der Waals surface area (Å²) >= 11 is 0. The maximum absolute atomic E-state index is 9.17. The molecule has 0 spiro atoms. The number of H-pyrrole nitrogens is 1. The van der Waals surface area contributed by atoms with E-state index in [1.165, 1.54) is 22.0 Å². The predicted octanol–water partition coefficient (Wildman–Crippen LogP) is 3.43. The van der Waals surface area contributed by atoms with Gasteiger partial charge in [-0.15, -0.1) is 0 Å². The van der Waals surface area contributed by atoms with E-state index < -0.39 is 0 Å². The summed E-state index contributed by atoms with van der Waals surface area (Å²) in [6.07, 6.45) is 5.08. The number of fused-ring (bicyclic) bond motifs is 2. The Bertz CT molecular complexity index is 738. The first-order valence-electron chi connectivity index (χ1n) is 7.77. The molecule has 0 bridgehead atoms. The number of hydrogen-bond donors (Lipinski definition) is 1. The standard InChI is InChI=1S/C18H21N3/c1-18(6-7-19)9-14-13-4-3-5-15-17(13)12(10-20-15)8-16(14)21(2)11-18/h3-5,10,14,16,20H,6,8-9,11H2,1-2H3/t14?,16-,18-/m1/s1. The third kappa shape index (κ3) is 1.82. The summed E-state index contributed by atoms with van der Waals surface area (Å²) in [4.78, 5) is 5.91. The Morgan fingerprint density at radius 3 is 3.14 bits per heavy atom. The number of nitrogens with one attached hydrogen (secondary N) is 1. The van der Waals surface area contributed by atoms with Crippen LogP contribution in [0.15, 0.2) is 24.4 Å². The van der Waals surface area contributed by atoms with E-state index in [1.807, 2.05) is 0 Å². The molecule has 1 saturated heterocycles. The summed E-state index contributed by atoms with van der Waals surface area (Å²) in [7, 11) is 2.23. The normalized spacial score (nSPS) is 31.9. The molecule has 3 atom stereocenters. The van der Waals surface area contributed by atoms with Gasteiger partial charge in [0.1, 0.15) is 0 Å². The zero-order chi connectivity index (χ0) is 14.6. The number of benzene rings is 1. The summed E-state index contributed by atoms with van der Waals surface area (Å²) in [6, 6.07) is 9.60. The zero-order valence-electron chi connectivity index (χ0n) is 12.7. The van der Waals surface area contributed by atoms with Crippen molar-refractivity contribution in [1.82, 2.24) is 9.88 Å². The van der Waals surface area contributed by atoms with E-state index in [0.717, 1.165) is 19.4 Å². The molecule has 1 aromatic heterocycles. The molecule has 0 radical (unpaired) electrons. The SMILES string of the molecule is CN1C[C@](C)(CC#N)CC2c3cccc4[nH]cc(c34)C[C@H]21. The molecule has 1 aromatic carbocycles.